The molecule has 1 N–H and O–H groups in total. The molecule has 0 bridgehead atoms. The van der Waals surface area contributed by atoms with Gasteiger partial charge in [-0.3, -0.25) is 19.4 Å². The molecule has 6 rings (SSSR count). The van der Waals surface area contributed by atoms with Gasteiger partial charge in [0.15, 0.2) is 21.7 Å². The molecule has 2 aromatic heterocycles. The zero-order valence-electron chi connectivity index (χ0n) is 22.7. The van der Waals surface area contributed by atoms with Gasteiger partial charge in [0.2, 0.25) is 0 Å². The summed E-state index contributed by atoms with van der Waals surface area (Å²) in [7, 11) is 3.10. The van der Waals surface area contributed by atoms with Crippen molar-refractivity contribution in [2.24, 2.45) is 0 Å². The van der Waals surface area contributed by atoms with Gasteiger partial charge in [0, 0.05) is 21.9 Å². The normalized spacial score (nSPS) is 13.3. The van der Waals surface area contributed by atoms with Crippen LogP contribution < -0.4 is 19.3 Å². The summed E-state index contributed by atoms with van der Waals surface area (Å²) in [6, 6.07) is 10.7. The molecular weight excluding hydrogens is 584 g/mol. The highest BCUT2D eigenvalue weighted by molar-refractivity contribution is 7.14. The molecule has 4 aromatic rings. The third kappa shape index (κ3) is 5.53. The quantitative estimate of drug-likeness (QED) is 0.297. The number of aromatic nitrogens is 2. The van der Waals surface area contributed by atoms with E-state index in [9.17, 15) is 19.2 Å². The summed E-state index contributed by atoms with van der Waals surface area (Å²) < 4.78 is 15.2. The van der Waals surface area contributed by atoms with E-state index in [-0.39, 0.29) is 23.2 Å². The Hall–Kier alpha value is -4.82. The van der Waals surface area contributed by atoms with Crippen LogP contribution in [0.15, 0.2) is 47.2 Å². The second-order valence-electron chi connectivity index (χ2n) is 8.89. The first-order valence-electron chi connectivity index (χ1n) is 12.5. The number of rotatable bonds is 7. The van der Waals surface area contributed by atoms with Crippen LogP contribution in [0.1, 0.15) is 59.7 Å². The lowest BCUT2D eigenvalue weighted by atomic mass is 10.1. The number of hydrogen-bond acceptors (Lipinski definition) is 11. The topological polar surface area (TPSA) is 148 Å². The van der Waals surface area contributed by atoms with Gasteiger partial charge in [0.25, 0.3) is 11.8 Å². The summed E-state index contributed by atoms with van der Waals surface area (Å²) in [4.78, 5) is 58.5. The minimum Gasteiger partial charge on any atom is -0.497 e. The number of ether oxygens (including phenoxy) is 3. The Morgan fingerprint density at radius 2 is 1.31 bits per heavy atom. The zero-order valence-corrected chi connectivity index (χ0v) is 24.3. The molecule has 4 heterocycles. The van der Waals surface area contributed by atoms with Crippen LogP contribution in [0.2, 0.25) is 0 Å². The van der Waals surface area contributed by atoms with Crippen molar-refractivity contribution in [3.05, 3.63) is 80.8 Å². The molecule has 2 amide bonds. The first-order chi connectivity index (χ1) is 20.2. The number of amides is 2. The third-order valence-electron chi connectivity index (χ3n) is 6.39. The lowest BCUT2D eigenvalue weighted by Gasteiger charge is -2.10. The van der Waals surface area contributed by atoms with E-state index in [1.54, 1.807) is 49.6 Å². The monoisotopic (exact) mass is 608 g/mol. The molecule has 0 radical (unpaired) electrons. The van der Waals surface area contributed by atoms with Gasteiger partial charge in [-0.25, -0.2) is 19.6 Å². The van der Waals surface area contributed by atoms with Crippen molar-refractivity contribution in [1.82, 2.24) is 9.97 Å². The van der Waals surface area contributed by atoms with Crippen molar-refractivity contribution in [1.29, 1.82) is 0 Å². The van der Waals surface area contributed by atoms with Crippen molar-refractivity contribution >= 4 is 56.7 Å². The van der Waals surface area contributed by atoms with E-state index in [0.29, 0.717) is 52.6 Å². The summed E-state index contributed by atoms with van der Waals surface area (Å²) in [5.41, 5.74) is 3.14. The molecule has 0 atom stereocenters. The van der Waals surface area contributed by atoms with Crippen LogP contribution in [-0.4, -0.2) is 59.7 Å². The van der Waals surface area contributed by atoms with Crippen LogP contribution >= 0.6 is 22.7 Å². The molecule has 0 saturated heterocycles. The number of fused-ring (bicyclic) bond motifs is 2. The highest BCUT2D eigenvalue weighted by Crippen LogP contribution is 2.34. The minimum absolute atomic E-state index is 0.0497. The van der Waals surface area contributed by atoms with E-state index in [0.717, 1.165) is 22.5 Å². The van der Waals surface area contributed by atoms with Crippen LogP contribution in [0.25, 0.3) is 0 Å². The average molecular weight is 609 g/mol. The molecule has 12 nitrogen and oxygen atoms in total. The average Bonchev–Trinajstić information content (AvgIpc) is 3.79. The number of anilines is 2. The molecule has 14 heteroatoms. The molecule has 0 spiro atoms. The summed E-state index contributed by atoms with van der Waals surface area (Å²) >= 11 is 2.39. The van der Waals surface area contributed by atoms with Gasteiger partial charge >= 0.3 is 11.9 Å². The third-order valence-corrected chi connectivity index (χ3v) is 8.12. The number of hydrogen-bond donors (Lipinski definition) is 1. The SMILES string of the molecule is CCOC(=O)c1csc(N2Cc3ccc(OC)cc3C2=O)n1.COc1ccc2c(c1)C(=O)N(c1nc(C(=O)O)cs1)C2. The second-order valence-corrected chi connectivity index (χ2v) is 10.6. The first-order valence-corrected chi connectivity index (χ1v) is 14.3. The Kier molecular flexibility index (Phi) is 8.17. The number of carboxylic acids is 1. The Morgan fingerprint density at radius 3 is 1.74 bits per heavy atom. The predicted molar refractivity (Wildman–Crippen MR) is 154 cm³/mol. The number of aromatic carboxylic acids is 1. The minimum atomic E-state index is -1.10. The van der Waals surface area contributed by atoms with E-state index < -0.39 is 11.9 Å². The van der Waals surface area contributed by atoms with E-state index in [1.165, 1.54) is 21.6 Å². The highest BCUT2D eigenvalue weighted by Gasteiger charge is 2.32. The van der Waals surface area contributed by atoms with Gasteiger partial charge < -0.3 is 19.3 Å². The first kappa shape index (κ1) is 28.7. The Labute approximate surface area is 247 Å². The summed E-state index contributed by atoms with van der Waals surface area (Å²) in [5, 5.41) is 12.8. The smallest absolute Gasteiger partial charge is 0.357 e. The molecule has 0 aliphatic carbocycles. The van der Waals surface area contributed by atoms with Crippen LogP contribution in [0.5, 0.6) is 11.5 Å². The summed E-state index contributed by atoms with van der Waals surface area (Å²) in [5.74, 6) is -0.650. The number of carboxylic acid groups (broad SMARTS) is 1. The van der Waals surface area contributed by atoms with E-state index in [2.05, 4.69) is 9.97 Å². The highest BCUT2D eigenvalue weighted by atomic mass is 32.1. The van der Waals surface area contributed by atoms with E-state index in [1.807, 2.05) is 18.2 Å². The molecule has 42 heavy (non-hydrogen) atoms. The number of carbonyl (C=O) groups excluding carboxylic acids is 3. The molecule has 0 unspecified atom stereocenters. The Balaban J connectivity index is 0.000000169. The fourth-order valence-electron chi connectivity index (χ4n) is 4.30. The number of nitrogens with zero attached hydrogens (tertiary/aromatic N) is 4. The molecule has 2 aromatic carbocycles. The Bertz CT molecular complexity index is 1700. The second kappa shape index (κ2) is 12.0. The van der Waals surface area contributed by atoms with E-state index >= 15 is 0 Å². The molecule has 0 saturated carbocycles. The van der Waals surface area contributed by atoms with Crippen LogP contribution in [0.3, 0.4) is 0 Å². The summed E-state index contributed by atoms with van der Waals surface area (Å²) in [6.45, 7) is 2.86. The van der Waals surface area contributed by atoms with Gasteiger partial charge in [-0.2, -0.15) is 0 Å². The lowest BCUT2D eigenvalue weighted by molar-refractivity contribution is 0.0519. The number of benzene rings is 2. The number of thiazole rings is 2. The fraction of sp³-hybridized carbons (Fsp3) is 0.214. The Morgan fingerprint density at radius 1 is 0.833 bits per heavy atom. The van der Waals surface area contributed by atoms with Crippen LogP contribution in [0.4, 0.5) is 10.3 Å². The summed E-state index contributed by atoms with van der Waals surface area (Å²) in [6.07, 6.45) is 0. The van der Waals surface area contributed by atoms with Crippen molar-refractivity contribution < 1.29 is 38.5 Å². The fourth-order valence-corrected chi connectivity index (χ4v) is 5.88. The van der Waals surface area contributed by atoms with Crippen LogP contribution in [-0.2, 0) is 17.8 Å². The molecule has 2 aliphatic heterocycles. The standard InChI is InChI=1S/C15H14N2O4S.C13H10N2O4S/c1-3-21-14(19)12-8-22-15(16-12)17-7-9-4-5-10(20-2)6-11(9)13(17)18;1-19-8-3-2-7-5-15(11(16)9(7)4-8)13-14-10(6-20-13)12(17)18/h4-6,8H,3,7H2,1-2H3;2-4,6H,5H2,1H3,(H,17,18). The predicted octanol–water partition coefficient (Wildman–Crippen LogP) is 4.50. The van der Waals surface area contributed by atoms with Gasteiger partial charge in [-0.15, -0.1) is 22.7 Å². The van der Waals surface area contributed by atoms with Gasteiger partial charge in [0.05, 0.1) is 33.9 Å². The molecule has 0 fully saturated rings. The largest absolute Gasteiger partial charge is 0.497 e. The van der Waals surface area contributed by atoms with Crippen molar-refractivity contribution in [3.63, 3.8) is 0 Å². The van der Waals surface area contributed by atoms with Crippen molar-refractivity contribution in [3.8, 4) is 11.5 Å². The van der Waals surface area contributed by atoms with Gasteiger partial charge in [-0.05, 0) is 42.3 Å². The van der Waals surface area contributed by atoms with Crippen molar-refractivity contribution in [2.45, 2.75) is 20.0 Å². The maximum absolute atomic E-state index is 12.5. The van der Waals surface area contributed by atoms with Crippen LogP contribution in [0, 0.1) is 0 Å². The maximum atomic E-state index is 12.5. The van der Waals surface area contributed by atoms with Crippen molar-refractivity contribution in [2.75, 3.05) is 30.6 Å². The lowest BCUT2D eigenvalue weighted by Crippen LogP contribution is -2.23. The van der Waals surface area contributed by atoms with E-state index in [4.69, 9.17) is 19.3 Å². The number of carbonyl (C=O) groups is 4. The molecule has 2 aliphatic rings. The maximum Gasteiger partial charge on any atom is 0.357 e. The molecule has 216 valence electrons. The van der Waals surface area contributed by atoms with Gasteiger partial charge in [0.1, 0.15) is 11.5 Å². The van der Waals surface area contributed by atoms with Gasteiger partial charge in [-0.1, -0.05) is 12.1 Å². The number of methoxy groups -OCH3 is 2. The molecular formula is C28H24N4O8S2. The number of esters is 1. The zero-order chi connectivity index (χ0) is 30.0.